The van der Waals surface area contributed by atoms with E-state index < -0.39 is 6.10 Å². The summed E-state index contributed by atoms with van der Waals surface area (Å²) >= 11 is 11.7. The quantitative estimate of drug-likeness (QED) is 0.797. The molecule has 2 N–H and O–H groups in total. The second-order valence-corrected chi connectivity index (χ2v) is 5.43. The van der Waals surface area contributed by atoms with E-state index in [2.05, 4.69) is 5.32 Å². The third-order valence-electron chi connectivity index (χ3n) is 2.36. The monoisotopic (exact) mass is 320 g/mol. The number of halogens is 2. The third-order valence-corrected chi connectivity index (χ3v) is 2.89. The van der Waals surface area contributed by atoms with Gasteiger partial charge >= 0.3 is 0 Å². The molecule has 1 rings (SSSR count). The molecule has 0 aliphatic heterocycles. The highest BCUT2D eigenvalue weighted by atomic mass is 35.5. The molecule has 0 saturated carbocycles. The number of nitrogens with one attached hydrogen (secondary N) is 1. The van der Waals surface area contributed by atoms with Gasteiger partial charge in [0.25, 0.3) is 5.91 Å². The Morgan fingerprint density at radius 2 is 2.15 bits per heavy atom. The number of aliphatic hydroxyl groups is 1. The lowest BCUT2D eigenvalue weighted by atomic mass is 10.3. The van der Waals surface area contributed by atoms with E-state index in [1.54, 1.807) is 12.1 Å². The molecule has 1 aromatic carbocycles. The molecular formula is C13H18Cl2N2O3. The van der Waals surface area contributed by atoms with Crippen LogP contribution in [0.5, 0.6) is 5.75 Å². The van der Waals surface area contributed by atoms with Gasteiger partial charge in [-0.15, -0.1) is 0 Å². The maximum Gasteiger partial charge on any atom is 0.258 e. The number of benzene rings is 1. The molecule has 7 heteroatoms. The molecule has 0 aromatic heterocycles. The second kappa shape index (κ2) is 8.32. The first kappa shape index (κ1) is 17.0. The molecule has 0 radical (unpaired) electrons. The van der Waals surface area contributed by atoms with E-state index in [4.69, 9.17) is 27.9 Å². The second-order valence-electron chi connectivity index (χ2n) is 4.58. The Labute approximate surface area is 128 Å². The van der Waals surface area contributed by atoms with Crippen molar-refractivity contribution in [3.05, 3.63) is 28.2 Å². The zero-order valence-corrected chi connectivity index (χ0v) is 12.9. The van der Waals surface area contributed by atoms with Crippen molar-refractivity contribution in [3.63, 3.8) is 0 Å². The van der Waals surface area contributed by atoms with Gasteiger partial charge in [0.05, 0.1) is 11.1 Å². The van der Waals surface area contributed by atoms with Crippen LogP contribution in [0.2, 0.25) is 10.0 Å². The standard InChI is InChI=1S/C13H18Cl2N2O3/c1-17(2)7-10(18)6-16-13(19)8-20-12-4-3-9(14)5-11(12)15/h3-5,10,18H,6-8H2,1-2H3,(H,16,19). The lowest BCUT2D eigenvalue weighted by Gasteiger charge is -2.16. The average molecular weight is 321 g/mol. The molecule has 0 aliphatic rings. The number of amides is 1. The smallest absolute Gasteiger partial charge is 0.258 e. The van der Waals surface area contributed by atoms with Gasteiger partial charge in [-0.05, 0) is 32.3 Å². The summed E-state index contributed by atoms with van der Waals surface area (Å²) in [4.78, 5) is 13.4. The predicted molar refractivity (Wildman–Crippen MR) is 79.5 cm³/mol. The first-order valence-electron chi connectivity index (χ1n) is 6.06. The van der Waals surface area contributed by atoms with Crippen LogP contribution in [-0.2, 0) is 4.79 Å². The number of hydrogen-bond acceptors (Lipinski definition) is 4. The van der Waals surface area contributed by atoms with E-state index in [-0.39, 0.29) is 19.1 Å². The highest BCUT2D eigenvalue weighted by Crippen LogP contribution is 2.27. The van der Waals surface area contributed by atoms with E-state index in [0.717, 1.165) is 0 Å². The Morgan fingerprint density at radius 1 is 1.45 bits per heavy atom. The lowest BCUT2D eigenvalue weighted by Crippen LogP contribution is -2.39. The molecule has 1 aromatic rings. The molecule has 0 fully saturated rings. The van der Waals surface area contributed by atoms with E-state index in [9.17, 15) is 9.90 Å². The van der Waals surface area contributed by atoms with E-state index in [1.807, 2.05) is 19.0 Å². The van der Waals surface area contributed by atoms with Crippen LogP contribution < -0.4 is 10.1 Å². The Morgan fingerprint density at radius 3 is 2.75 bits per heavy atom. The summed E-state index contributed by atoms with van der Waals surface area (Å²) in [5.74, 6) is 0.0638. The molecule has 1 atom stereocenters. The zero-order chi connectivity index (χ0) is 15.1. The van der Waals surface area contributed by atoms with Gasteiger partial charge < -0.3 is 20.1 Å². The Bertz CT molecular complexity index is 455. The number of hydrogen-bond donors (Lipinski definition) is 2. The van der Waals surface area contributed by atoms with Gasteiger partial charge in [-0.2, -0.15) is 0 Å². The van der Waals surface area contributed by atoms with Crippen LogP contribution in [0.3, 0.4) is 0 Å². The van der Waals surface area contributed by atoms with Gasteiger partial charge in [0.1, 0.15) is 5.75 Å². The van der Waals surface area contributed by atoms with Crippen LogP contribution in [0.25, 0.3) is 0 Å². The summed E-state index contributed by atoms with van der Waals surface area (Å²) in [6.07, 6.45) is -0.618. The topological polar surface area (TPSA) is 61.8 Å². The first-order chi connectivity index (χ1) is 9.38. The fourth-order valence-corrected chi connectivity index (χ4v) is 1.97. The molecule has 112 valence electrons. The Balaban J connectivity index is 2.33. The van der Waals surface area contributed by atoms with Gasteiger partial charge in [-0.3, -0.25) is 4.79 Å². The summed E-state index contributed by atoms with van der Waals surface area (Å²) in [6, 6.07) is 4.76. The minimum atomic E-state index is -0.618. The number of nitrogens with zero attached hydrogens (tertiary/aromatic N) is 1. The van der Waals surface area contributed by atoms with Gasteiger partial charge in [-0.25, -0.2) is 0 Å². The lowest BCUT2D eigenvalue weighted by molar-refractivity contribution is -0.123. The molecular weight excluding hydrogens is 303 g/mol. The summed E-state index contributed by atoms with van der Waals surface area (Å²) in [7, 11) is 3.69. The van der Waals surface area contributed by atoms with E-state index >= 15 is 0 Å². The van der Waals surface area contributed by atoms with Crippen molar-refractivity contribution in [3.8, 4) is 5.75 Å². The maximum atomic E-state index is 11.6. The summed E-state index contributed by atoms with van der Waals surface area (Å²) < 4.78 is 5.27. The third kappa shape index (κ3) is 6.43. The SMILES string of the molecule is CN(C)CC(O)CNC(=O)COc1ccc(Cl)cc1Cl. The van der Waals surface area contributed by atoms with Gasteiger partial charge in [0.2, 0.25) is 0 Å². The van der Waals surface area contributed by atoms with Crippen molar-refractivity contribution in [1.29, 1.82) is 0 Å². The molecule has 1 amide bonds. The van der Waals surface area contributed by atoms with Crippen LogP contribution in [0.15, 0.2) is 18.2 Å². The normalized spacial score (nSPS) is 12.3. The van der Waals surface area contributed by atoms with Crippen LogP contribution in [0, 0.1) is 0 Å². The number of likely N-dealkylation sites (N-methyl/N-ethyl adjacent to an activating group) is 1. The molecule has 20 heavy (non-hydrogen) atoms. The summed E-state index contributed by atoms with van der Waals surface area (Å²) in [5.41, 5.74) is 0. The van der Waals surface area contributed by atoms with Gasteiger partial charge in [0.15, 0.2) is 6.61 Å². The van der Waals surface area contributed by atoms with Crippen LogP contribution in [0.1, 0.15) is 0 Å². The minimum absolute atomic E-state index is 0.171. The van der Waals surface area contributed by atoms with Crippen molar-refractivity contribution in [1.82, 2.24) is 10.2 Å². The maximum absolute atomic E-state index is 11.6. The molecule has 0 bridgehead atoms. The highest BCUT2D eigenvalue weighted by Gasteiger charge is 2.09. The summed E-state index contributed by atoms with van der Waals surface area (Å²) in [5, 5.41) is 13.0. The zero-order valence-electron chi connectivity index (χ0n) is 11.4. The van der Waals surface area contributed by atoms with Crippen molar-refractivity contribution >= 4 is 29.1 Å². The molecule has 1 unspecified atom stereocenters. The van der Waals surface area contributed by atoms with Crippen molar-refractivity contribution in [2.24, 2.45) is 0 Å². The fourth-order valence-electron chi connectivity index (χ4n) is 1.50. The number of ether oxygens (including phenoxy) is 1. The van der Waals surface area contributed by atoms with Gasteiger partial charge in [-0.1, -0.05) is 23.2 Å². The first-order valence-corrected chi connectivity index (χ1v) is 6.81. The van der Waals surface area contributed by atoms with E-state index in [1.165, 1.54) is 6.07 Å². The Kier molecular flexibility index (Phi) is 7.09. The molecule has 0 aliphatic carbocycles. The van der Waals surface area contributed by atoms with Crippen molar-refractivity contribution in [2.45, 2.75) is 6.10 Å². The summed E-state index contributed by atoms with van der Waals surface area (Å²) in [6.45, 7) is 0.481. The van der Waals surface area contributed by atoms with Gasteiger partial charge in [0, 0.05) is 18.1 Å². The number of rotatable bonds is 7. The largest absolute Gasteiger partial charge is 0.482 e. The molecule has 5 nitrogen and oxygen atoms in total. The van der Waals surface area contributed by atoms with Crippen LogP contribution in [0.4, 0.5) is 0 Å². The fraction of sp³-hybridized carbons (Fsp3) is 0.462. The van der Waals surface area contributed by atoms with Crippen LogP contribution >= 0.6 is 23.2 Å². The van der Waals surface area contributed by atoms with Crippen molar-refractivity contribution < 1.29 is 14.6 Å². The molecule has 0 heterocycles. The average Bonchev–Trinajstić information content (AvgIpc) is 2.34. The predicted octanol–water partition coefficient (Wildman–Crippen LogP) is 1.41. The number of aliphatic hydroxyl groups excluding tert-OH is 1. The molecule has 0 spiro atoms. The number of carbonyl (C=O) groups is 1. The minimum Gasteiger partial charge on any atom is -0.482 e. The number of carbonyl (C=O) groups excluding carboxylic acids is 1. The van der Waals surface area contributed by atoms with E-state index in [0.29, 0.717) is 22.3 Å². The highest BCUT2D eigenvalue weighted by molar-refractivity contribution is 6.35. The van der Waals surface area contributed by atoms with Crippen LogP contribution in [-0.4, -0.2) is 55.8 Å². The Hall–Kier alpha value is -1.01. The van der Waals surface area contributed by atoms with Crippen molar-refractivity contribution in [2.75, 3.05) is 33.8 Å². The molecule has 0 saturated heterocycles.